The molecule has 0 saturated heterocycles. The van der Waals surface area contributed by atoms with Crippen LogP contribution in [0.25, 0.3) is 11.1 Å². The summed E-state index contributed by atoms with van der Waals surface area (Å²) >= 11 is 0. The maximum Gasteiger partial charge on any atom is 0.490 e. The number of allylic oxidation sites excluding steroid dienone is 2. The van der Waals surface area contributed by atoms with E-state index in [0.29, 0.717) is 12.1 Å². The molecule has 0 bridgehead atoms. The molecule has 15 heteroatoms. The molecule has 1 aromatic carbocycles. The number of aromatic nitrogens is 2. The Hall–Kier alpha value is -4.91. The predicted molar refractivity (Wildman–Crippen MR) is 128 cm³/mol. The molecule has 3 aromatic rings. The number of carbonyl (C=O) groups is 3. The van der Waals surface area contributed by atoms with Gasteiger partial charge in [-0.1, -0.05) is 36.4 Å². The van der Waals surface area contributed by atoms with Crippen molar-refractivity contribution in [3.8, 4) is 0 Å². The highest BCUT2D eigenvalue weighted by Gasteiger charge is 2.47. The number of imidazole rings is 1. The summed E-state index contributed by atoms with van der Waals surface area (Å²) in [4.78, 5) is 35.4. The number of nitrogens with zero attached hydrogens (tertiary/aromatic N) is 2. The molecule has 2 aromatic heterocycles. The standard InChI is InChI=1S/C22H18N4O.2C2HF3O2/c27-21(25-22(10-11-22)16-6-2-1-3-7-16)18-14-23-12-9-17(18)20-19-8-4-5-13-26(19)15-24-20;2*3-2(4,5)1(6)7/h1-8,12-13,15H,10-11,14H2,(H-,23,25,27);2*(H,6,7). The quantitative estimate of drug-likeness (QED) is 0.318. The number of carboxylic acids is 2. The SMILES string of the molecule is O=C(NC1(c2ccccc2)CC1)C1=C(c2ncn3ccccc23)[C+]=CNC1.O=C(O)C(F)(F)F.O=C([O-])C(F)(F)F. The van der Waals surface area contributed by atoms with Crippen molar-refractivity contribution in [3.05, 3.63) is 90.2 Å². The van der Waals surface area contributed by atoms with E-state index in [2.05, 4.69) is 33.8 Å². The third kappa shape index (κ3) is 7.82. The fourth-order valence-electron chi connectivity index (χ4n) is 3.65. The first-order valence-electron chi connectivity index (χ1n) is 11.6. The van der Waals surface area contributed by atoms with E-state index in [1.807, 2.05) is 47.0 Å². The van der Waals surface area contributed by atoms with Crippen molar-refractivity contribution in [2.45, 2.75) is 30.7 Å². The predicted octanol–water partition coefficient (Wildman–Crippen LogP) is 2.75. The second-order valence-electron chi connectivity index (χ2n) is 8.60. The number of pyridine rings is 1. The van der Waals surface area contributed by atoms with Crippen molar-refractivity contribution in [3.63, 3.8) is 0 Å². The minimum Gasteiger partial charge on any atom is -0.542 e. The van der Waals surface area contributed by atoms with Crippen LogP contribution in [0.2, 0.25) is 0 Å². The van der Waals surface area contributed by atoms with Gasteiger partial charge in [-0.3, -0.25) is 9.20 Å². The van der Waals surface area contributed by atoms with Crippen molar-refractivity contribution in [1.29, 1.82) is 0 Å². The van der Waals surface area contributed by atoms with E-state index in [0.717, 1.165) is 35.2 Å². The zero-order valence-corrected chi connectivity index (χ0v) is 20.7. The Labute approximate surface area is 227 Å². The topological polar surface area (TPSA) is 136 Å². The zero-order valence-electron chi connectivity index (χ0n) is 20.7. The largest absolute Gasteiger partial charge is 0.542 e. The van der Waals surface area contributed by atoms with E-state index in [1.165, 1.54) is 0 Å². The summed E-state index contributed by atoms with van der Waals surface area (Å²) in [5, 5.41) is 22.3. The van der Waals surface area contributed by atoms with Crippen LogP contribution in [-0.2, 0) is 19.9 Å². The number of fused-ring (bicyclic) bond motifs is 1. The third-order valence-corrected chi connectivity index (χ3v) is 5.76. The number of amides is 1. The van der Waals surface area contributed by atoms with Gasteiger partial charge in [0.1, 0.15) is 24.0 Å². The molecule has 0 unspecified atom stereocenters. The lowest BCUT2D eigenvalue weighted by molar-refractivity contribution is -0.344. The Morgan fingerprint density at radius 2 is 1.59 bits per heavy atom. The van der Waals surface area contributed by atoms with Crippen LogP contribution in [0.3, 0.4) is 0 Å². The van der Waals surface area contributed by atoms with Crippen molar-refractivity contribution in [2.24, 2.45) is 0 Å². The molecule has 1 aliphatic carbocycles. The molecule has 1 amide bonds. The van der Waals surface area contributed by atoms with Gasteiger partial charge >= 0.3 is 24.2 Å². The van der Waals surface area contributed by atoms with Crippen LogP contribution < -0.4 is 15.7 Å². The van der Waals surface area contributed by atoms with Crippen molar-refractivity contribution in [2.75, 3.05) is 6.54 Å². The Morgan fingerprint density at radius 1 is 1.00 bits per heavy atom. The Morgan fingerprint density at radius 3 is 2.12 bits per heavy atom. The van der Waals surface area contributed by atoms with Gasteiger partial charge in [-0.15, -0.1) is 0 Å². The van der Waals surface area contributed by atoms with Gasteiger partial charge in [0.2, 0.25) is 11.3 Å². The van der Waals surface area contributed by atoms with Gasteiger partial charge in [-0.2, -0.15) is 31.3 Å². The molecule has 2 aliphatic rings. The van der Waals surface area contributed by atoms with Gasteiger partial charge in [-0.05, 0) is 30.5 Å². The Kier molecular flexibility index (Phi) is 9.03. The number of hydrogen-bond acceptors (Lipinski definition) is 6. The number of carboxylic acid groups (broad SMARTS) is 2. The molecule has 1 fully saturated rings. The normalized spacial score (nSPS) is 15.3. The van der Waals surface area contributed by atoms with E-state index in [4.69, 9.17) is 19.8 Å². The lowest BCUT2D eigenvalue weighted by atomic mass is 9.99. The summed E-state index contributed by atoms with van der Waals surface area (Å²) in [6, 6.07) is 16.1. The highest BCUT2D eigenvalue weighted by molar-refractivity contribution is 6.04. The fraction of sp³-hybridized carbons (Fsp3) is 0.231. The van der Waals surface area contributed by atoms with Crippen LogP contribution in [0.15, 0.2) is 72.8 Å². The molecule has 0 radical (unpaired) electrons. The van der Waals surface area contributed by atoms with Gasteiger partial charge < -0.3 is 25.6 Å². The van der Waals surface area contributed by atoms with Gasteiger partial charge in [0.25, 0.3) is 0 Å². The maximum absolute atomic E-state index is 13.2. The average Bonchev–Trinajstić information content (AvgIpc) is 3.58. The fourth-order valence-corrected chi connectivity index (χ4v) is 3.65. The summed E-state index contributed by atoms with van der Waals surface area (Å²) in [7, 11) is 0. The van der Waals surface area contributed by atoms with Crippen LogP contribution in [0.1, 0.15) is 24.1 Å². The molecule has 3 heterocycles. The number of alkyl halides is 6. The Bertz CT molecular complexity index is 1450. The van der Waals surface area contributed by atoms with Crippen LogP contribution >= 0.6 is 0 Å². The van der Waals surface area contributed by atoms with E-state index < -0.39 is 24.3 Å². The molecule has 1 aliphatic heterocycles. The van der Waals surface area contributed by atoms with Crippen LogP contribution in [0, 0.1) is 6.08 Å². The first-order chi connectivity index (χ1) is 19.2. The number of halogens is 6. The number of nitrogens with one attached hydrogen (secondary N) is 2. The molecule has 0 spiro atoms. The number of carbonyl (C=O) groups excluding carboxylic acids is 2. The number of rotatable bonds is 4. The number of benzene rings is 1. The van der Waals surface area contributed by atoms with E-state index in [9.17, 15) is 31.1 Å². The van der Waals surface area contributed by atoms with E-state index >= 15 is 0 Å². The molecule has 9 nitrogen and oxygen atoms in total. The molecule has 3 N–H and O–H groups in total. The Balaban J connectivity index is 0.000000276. The molecular weight excluding hydrogens is 562 g/mol. The third-order valence-electron chi connectivity index (χ3n) is 5.76. The summed E-state index contributed by atoms with van der Waals surface area (Å²) in [6.45, 7) is 0.463. The van der Waals surface area contributed by atoms with Crippen molar-refractivity contribution < 1.29 is 50.9 Å². The van der Waals surface area contributed by atoms with Crippen LogP contribution in [0.4, 0.5) is 26.3 Å². The lowest BCUT2D eigenvalue weighted by Crippen LogP contribution is -2.38. The second kappa shape index (κ2) is 12.1. The molecule has 41 heavy (non-hydrogen) atoms. The van der Waals surface area contributed by atoms with Crippen LogP contribution in [0.5, 0.6) is 0 Å². The minimum atomic E-state index is -5.19. The smallest absolute Gasteiger partial charge is 0.490 e. The highest BCUT2D eigenvalue weighted by Crippen LogP contribution is 2.45. The first kappa shape index (κ1) is 30.6. The average molecular weight is 582 g/mol. The summed E-state index contributed by atoms with van der Waals surface area (Å²) < 4.78 is 65.2. The summed E-state index contributed by atoms with van der Waals surface area (Å²) in [6.07, 6.45) is 0.319. The minimum absolute atomic E-state index is 0.0588. The number of dihydropyridines is 1. The molecule has 216 valence electrons. The maximum atomic E-state index is 13.2. The monoisotopic (exact) mass is 582 g/mol. The van der Waals surface area contributed by atoms with Gasteiger partial charge in [0, 0.05) is 6.20 Å². The van der Waals surface area contributed by atoms with Gasteiger partial charge in [0.15, 0.2) is 5.57 Å². The molecule has 5 rings (SSSR count). The van der Waals surface area contributed by atoms with Crippen molar-refractivity contribution >= 4 is 28.9 Å². The van der Waals surface area contributed by atoms with Gasteiger partial charge in [0.05, 0.1) is 18.2 Å². The number of aliphatic carboxylic acids is 2. The number of hydrogen-bond donors (Lipinski definition) is 3. The van der Waals surface area contributed by atoms with Crippen LogP contribution in [-0.4, -0.2) is 51.2 Å². The molecular formula is C26H20F6N4O5. The zero-order chi connectivity index (χ0) is 30.4. The lowest BCUT2D eigenvalue weighted by Gasteiger charge is -2.18. The van der Waals surface area contributed by atoms with E-state index in [1.54, 1.807) is 12.5 Å². The highest BCUT2D eigenvalue weighted by atomic mass is 19.4. The second-order valence-corrected chi connectivity index (χ2v) is 8.60. The summed E-state index contributed by atoms with van der Waals surface area (Å²) in [5.41, 5.74) is 4.09. The first-order valence-corrected chi connectivity index (χ1v) is 11.6. The molecule has 0 atom stereocenters. The van der Waals surface area contributed by atoms with E-state index in [-0.39, 0.29) is 11.4 Å². The molecule has 1 saturated carbocycles. The van der Waals surface area contributed by atoms with Crippen molar-refractivity contribution in [1.82, 2.24) is 20.0 Å². The summed E-state index contributed by atoms with van der Waals surface area (Å²) in [5.74, 6) is -5.82. The van der Waals surface area contributed by atoms with Gasteiger partial charge in [-0.25, -0.2) is 4.79 Å².